The molecule has 1 saturated carbocycles. The van der Waals surface area contributed by atoms with Crippen LogP contribution in [0.4, 0.5) is 0 Å². The molecule has 0 atom stereocenters. The minimum atomic E-state index is -0.126. The Hall–Kier alpha value is -1.59. The highest BCUT2D eigenvalue weighted by atomic mass is 16.5. The second-order valence-corrected chi connectivity index (χ2v) is 8.50. The highest BCUT2D eigenvalue weighted by Crippen LogP contribution is 2.45. The molecule has 6 nitrogen and oxygen atoms in total. The summed E-state index contributed by atoms with van der Waals surface area (Å²) in [5, 5.41) is 10.8. The second kappa shape index (κ2) is 7.53. The van der Waals surface area contributed by atoms with Crippen LogP contribution in [0.15, 0.2) is 9.52 Å². The molecule has 136 valence electrons. The van der Waals surface area contributed by atoms with Crippen molar-refractivity contribution >= 4 is 5.96 Å². The number of guanidine groups is 1. The lowest BCUT2D eigenvalue weighted by molar-refractivity contribution is 0.104. The van der Waals surface area contributed by atoms with Crippen molar-refractivity contribution in [1.82, 2.24) is 20.8 Å². The molecule has 0 aromatic carbocycles. The van der Waals surface area contributed by atoms with E-state index in [1.165, 1.54) is 25.7 Å². The maximum atomic E-state index is 5.32. The van der Waals surface area contributed by atoms with Crippen LogP contribution in [-0.2, 0) is 12.0 Å². The highest BCUT2D eigenvalue weighted by Gasteiger charge is 2.37. The quantitative estimate of drug-likeness (QED) is 0.616. The first kappa shape index (κ1) is 18.7. The smallest absolute Gasteiger partial charge is 0.232 e. The molecule has 1 aliphatic rings. The van der Waals surface area contributed by atoms with E-state index in [1.807, 2.05) is 0 Å². The number of aliphatic imine (C=N–C) groups is 1. The lowest BCUT2D eigenvalue weighted by Crippen LogP contribution is -2.46. The Morgan fingerprint density at radius 1 is 1.29 bits per heavy atom. The maximum absolute atomic E-state index is 5.32. The molecule has 1 aliphatic carbocycles. The number of aromatic nitrogens is 2. The molecule has 0 aliphatic heterocycles. The van der Waals surface area contributed by atoms with Crippen LogP contribution in [0, 0.1) is 11.3 Å². The summed E-state index contributed by atoms with van der Waals surface area (Å²) < 4.78 is 5.32. The second-order valence-electron chi connectivity index (χ2n) is 8.50. The summed E-state index contributed by atoms with van der Waals surface area (Å²) >= 11 is 0. The van der Waals surface area contributed by atoms with Gasteiger partial charge < -0.3 is 15.2 Å². The van der Waals surface area contributed by atoms with Gasteiger partial charge in [0.25, 0.3) is 0 Å². The van der Waals surface area contributed by atoms with Crippen LogP contribution in [0.1, 0.15) is 72.0 Å². The molecule has 1 heterocycles. The van der Waals surface area contributed by atoms with Crippen molar-refractivity contribution in [2.75, 3.05) is 13.6 Å². The summed E-state index contributed by atoms with van der Waals surface area (Å²) in [5.41, 5.74) is 0.315. The summed E-state index contributed by atoms with van der Waals surface area (Å²) in [6.07, 6.45) is 5.25. The van der Waals surface area contributed by atoms with E-state index in [0.717, 1.165) is 18.4 Å². The number of hydrogen-bond acceptors (Lipinski definition) is 4. The van der Waals surface area contributed by atoms with Crippen molar-refractivity contribution in [2.45, 2.75) is 72.3 Å². The average molecular weight is 335 g/mol. The van der Waals surface area contributed by atoms with Crippen molar-refractivity contribution < 1.29 is 4.52 Å². The monoisotopic (exact) mass is 335 g/mol. The fraction of sp³-hybridized carbons (Fsp3) is 0.833. The van der Waals surface area contributed by atoms with Crippen molar-refractivity contribution in [3.8, 4) is 0 Å². The SMILES string of the molecule is CN=C(NCc1noc(C(C)(C)C)n1)NCC1(CC(C)C)CCC1. The van der Waals surface area contributed by atoms with E-state index in [2.05, 4.69) is 60.4 Å². The summed E-state index contributed by atoms with van der Waals surface area (Å²) in [4.78, 5) is 8.75. The Bertz CT molecular complexity index is 552. The van der Waals surface area contributed by atoms with Crippen LogP contribution in [0.2, 0.25) is 0 Å². The number of nitrogens with one attached hydrogen (secondary N) is 2. The van der Waals surface area contributed by atoms with Gasteiger partial charge in [-0.25, -0.2) is 0 Å². The van der Waals surface area contributed by atoms with Gasteiger partial charge in [-0.1, -0.05) is 46.2 Å². The average Bonchev–Trinajstić information content (AvgIpc) is 2.93. The van der Waals surface area contributed by atoms with Crippen molar-refractivity contribution in [3.05, 3.63) is 11.7 Å². The first-order chi connectivity index (χ1) is 11.2. The van der Waals surface area contributed by atoms with E-state index < -0.39 is 0 Å². The molecule has 0 unspecified atom stereocenters. The third-order valence-corrected chi connectivity index (χ3v) is 4.63. The van der Waals surface area contributed by atoms with Gasteiger partial charge in [0.15, 0.2) is 11.8 Å². The Balaban J connectivity index is 1.83. The van der Waals surface area contributed by atoms with E-state index in [-0.39, 0.29) is 5.41 Å². The van der Waals surface area contributed by atoms with Gasteiger partial charge in [-0.15, -0.1) is 0 Å². The normalized spacial score (nSPS) is 17.7. The zero-order chi connectivity index (χ0) is 17.8. The summed E-state index contributed by atoms with van der Waals surface area (Å²) in [6.45, 7) is 12.3. The summed E-state index contributed by atoms with van der Waals surface area (Å²) in [6, 6.07) is 0. The standard InChI is InChI=1S/C18H33N5O/c1-13(2)10-18(8-7-9-18)12-21-16(19-6)20-11-14-22-15(24-23-14)17(3,4)5/h13H,7-12H2,1-6H3,(H2,19,20,21). The molecule has 1 aromatic rings. The van der Waals surface area contributed by atoms with Crippen molar-refractivity contribution in [1.29, 1.82) is 0 Å². The van der Waals surface area contributed by atoms with E-state index in [0.29, 0.717) is 23.7 Å². The lowest BCUT2D eigenvalue weighted by atomic mass is 9.64. The first-order valence-electron chi connectivity index (χ1n) is 9.02. The Morgan fingerprint density at radius 3 is 2.46 bits per heavy atom. The van der Waals surface area contributed by atoms with Crippen LogP contribution in [0.5, 0.6) is 0 Å². The zero-order valence-corrected chi connectivity index (χ0v) is 16.1. The molecule has 0 saturated heterocycles. The van der Waals surface area contributed by atoms with Crippen LogP contribution in [0.3, 0.4) is 0 Å². The zero-order valence-electron chi connectivity index (χ0n) is 16.1. The predicted octanol–water partition coefficient (Wildman–Crippen LogP) is 3.25. The molecule has 2 rings (SSSR count). The molecule has 0 bridgehead atoms. The molecule has 6 heteroatoms. The summed E-state index contributed by atoms with van der Waals surface area (Å²) in [7, 11) is 1.79. The van der Waals surface area contributed by atoms with Crippen molar-refractivity contribution in [2.24, 2.45) is 16.3 Å². The topological polar surface area (TPSA) is 75.3 Å². The van der Waals surface area contributed by atoms with E-state index >= 15 is 0 Å². The van der Waals surface area contributed by atoms with Crippen LogP contribution in [-0.4, -0.2) is 29.7 Å². The van der Waals surface area contributed by atoms with E-state index in [4.69, 9.17) is 4.52 Å². The Labute approximate surface area is 145 Å². The predicted molar refractivity (Wildman–Crippen MR) is 96.9 cm³/mol. The highest BCUT2D eigenvalue weighted by molar-refractivity contribution is 5.79. The molecule has 0 spiro atoms. The van der Waals surface area contributed by atoms with Crippen LogP contribution < -0.4 is 10.6 Å². The maximum Gasteiger partial charge on any atom is 0.232 e. The molecule has 0 amide bonds. The van der Waals surface area contributed by atoms with Crippen molar-refractivity contribution in [3.63, 3.8) is 0 Å². The van der Waals surface area contributed by atoms with Gasteiger partial charge in [0.05, 0.1) is 6.54 Å². The van der Waals surface area contributed by atoms with E-state index in [1.54, 1.807) is 7.05 Å². The molecule has 2 N–H and O–H groups in total. The largest absolute Gasteiger partial charge is 0.356 e. The third kappa shape index (κ3) is 4.95. The van der Waals surface area contributed by atoms with Crippen LogP contribution >= 0.6 is 0 Å². The molecule has 1 aromatic heterocycles. The molecule has 0 radical (unpaired) electrons. The number of hydrogen-bond donors (Lipinski definition) is 2. The number of nitrogens with zero attached hydrogens (tertiary/aromatic N) is 3. The minimum Gasteiger partial charge on any atom is -0.356 e. The fourth-order valence-corrected chi connectivity index (χ4v) is 3.28. The Kier molecular flexibility index (Phi) is 5.88. The molecular weight excluding hydrogens is 302 g/mol. The van der Waals surface area contributed by atoms with Gasteiger partial charge in [-0.3, -0.25) is 4.99 Å². The molecule has 1 fully saturated rings. The van der Waals surface area contributed by atoms with Gasteiger partial charge in [0.1, 0.15) is 0 Å². The van der Waals surface area contributed by atoms with Gasteiger partial charge in [0.2, 0.25) is 5.89 Å². The van der Waals surface area contributed by atoms with Gasteiger partial charge >= 0.3 is 0 Å². The van der Waals surface area contributed by atoms with Gasteiger partial charge in [-0.05, 0) is 30.6 Å². The first-order valence-corrected chi connectivity index (χ1v) is 9.02. The number of rotatable bonds is 6. The Morgan fingerprint density at radius 2 is 2.00 bits per heavy atom. The lowest BCUT2D eigenvalue weighted by Gasteiger charge is -2.43. The third-order valence-electron chi connectivity index (χ3n) is 4.63. The van der Waals surface area contributed by atoms with E-state index in [9.17, 15) is 0 Å². The minimum absolute atomic E-state index is 0.126. The van der Waals surface area contributed by atoms with Gasteiger partial charge in [0, 0.05) is 19.0 Å². The molecule has 24 heavy (non-hydrogen) atoms. The summed E-state index contributed by atoms with van der Waals surface area (Å²) in [5.74, 6) is 2.85. The van der Waals surface area contributed by atoms with Gasteiger partial charge in [-0.2, -0.15) is 4.98 Å². The van der Waals surface area contributed by atoms with Crippen LogP contribution in [0.25, 0.3) is 0 Å². The fourth-order valence-electron chi connectivity index (χ4n) is 3.28. The molecular formula is C18H33N5O.